The number of hydrogen-bond acceptors (Lipinski definition) is 8. The molecule has 0 saturated heterocycles. The van der Waals surface area contributed by atoms with E-state index >= 15 is 0 Å². The first-order valence-corrected chi connectivity index (χ1v) is 10.8. The van der Waals surface area contributed by atoms with E-state index in [4.69, 9.17) is 20.2 Å². The third-order valence-corrected chi connectivity index (χ3v) is 6.44. The van der Waals surface area contributed by atoms with Gasteiger partial charge in [-0.25, -0.2) is 9.78 Å². The Labute approximate surface area is 188 Å². The largest absolute Gasteiger partial charge is 0.460 e. The van der Waals surface area contributed by atoms with Crippen LogP contribution in [0.15, 0.2) is 35.1 Å². The zero-order valence-electron chi connectivity index (χ0n) is 18.3. The number of carbonyl (C=O) groups is 2. The number of cyclic esters (lactones) is 1. The van der Waals surface area contributed by atoms with Gasteiger partial charge in [-0.3, -0.25) is 9.59 Å². The number of ether oxygens (including phenoxy) is 2. The van der Waals surface area contributed by atoms with Crippen LogP contribution in [0.3, 0.4) is 0 Å². The highest BCUT2D eigenvalue weighted by molar-refractivity contribution is 5.89. The minimum absolute atomic E-state index is 0.0192. The maximum Gasteiger partial charge on any atom is 0.343 e. The topological polar surface area (TPSA) is 134 Å². The Kier molecular flexibility index (Phi) is 4.84. The second kappa shape index (κ2) is 7.50. The molecule has 4 heterocycles. The molecule has 2 aromatic heterocycles. The van der Waals surface area contributed by atoms with Crippen LogP contribution in [0.5, 0.6) is 0 Å². The summed E-state index contributed by atoms with van der Waals surface area (Å²) < 4.78 is 12.1. The first-order valence-electron chi connectivity index (χ1n) is 10.8. The van der Waals surface area contributed by atoms with Crippen LogP contribution in [0.2, 0.25) is 0 Å². The smallest absolute Gasteiger partial charge is 0.343 e. The quantitative estimate of drug-likeness (QED) is 0.448. The van der Waals surface area contributed by atoms with Gasteiger partial charge in [0.05, 0.1) is 29.0 Å². The van der Waals surface area contributed by atoms with E-state index in [2.05, 4.69) is 0 Å². The van der Waals surface area contributed by atoms with Crippen LogP contribution in [0, 0.1) is 0 Å². The van der Waals surface area contributed by atoms with Crippen molar-refractivity contribution < 1.29 is 24.2 Å². The minimum atomic E-state index is -1.89. The third kappa shape index (κ3) is 3.07. The van der Waals surface area contributed by atoms with E-state index in [1.807, 2.05) is 24.3 Å². The molecule has 170 valence electrons. The van der Waals surface area contributed by atoms with E-state index in [0.717, 1.165) is 16.5 Å². The number of aromatic nitrogens is 2. The van der Waals surface area contributed by atoms with Crippen LogP contribution >= 0.6 is 0 Å². The van der Waals surface area contributed by atoms with Crippen molar-refractivity contribution in [2.24, 2.45) is 5.73 Å². The van der Waals surface area contributed by atoms with Crippen LogP contribution in [-0.4, -0.2) is 32.6 Å². The van der Waals surface area contributed by atoms with Crippen molar-refractivity contribution in [2.45, 2.75) is 51.7 Å². The molecule has 9 heteroatoms. The van der Waals surface area contributed by atoms with Gasteiger partial charge in [0.1, 0.15) is 19.3 Å². The SMILES string of the molecule is CC[C@@]1(O)C(=O)OCc2c1cc1n(c2=O)Cc2c-1nc1ccccc1c2COC(=O)[C@H](C)N. The number of carbonyl (C=O) groups excluding carboxylic acids is 2. The minimum Gasteiger partial charge on any atom is -0.460 e. The van der Waals surface area contributed by atoms with Crippen LogP contribution in [0.4, 0.5) is 0 Å². The molecule has 5 rings (SSSR count). The number of esters is 2. The van der Waals surface area contributed by atoms with Gasteiger partial charge in [0, 0.05) is 22.1 Å². The summed E-state index contributed by atoms with van der Waals surface area (Å²) in [7, 11) is 0. The summed E-state index contributed by atoms with van der Waals surface area (Å²) in [6, 6.07) is 8.33. The predicted octanol–water partition coefficient (Wildman–Crippen LogP) is 1.47. The molecule has 1 aromatic carbocycles. The zero-order chi connectivity index (χ0) is 23.5. The number of para-hydroxylation sites is 1. The highest BCUT2D eigenvalue weighted by Gasteiger charge is 2.45. The molecule has 33 heavy (non-hydrogen) atoms. The fraction of sp³-hybridized carbons (Fsp3) is 0.333. The molecule has 0 radical (unpaired) electrons. The van der Waals surface area contributed by atoms with Gasteiger partial charge >= 0.3 is 11.9 Å². The van der Waals surface area contributed by atoms with Crippen molar-refractivity contribution in [3.63, 3.8) is 0 Å². The molecule has 0 fully saturated rings. The number of aliphatic hydroxyl groups is 1. The predicted molar refractivity (Wildman–Crippen MR) is 118 cm³/mol. The third-order valence-electron chi connectivity index (χ3n) is 6.44. The normalized spacial score (nSPS) is 19.5. The second-order valence-corrected chi connectivity index (χ2v) is 8.43. The summed E-state index contributed by atoms with van der Waals surface area (Å²) in [5.41, 5.74) is 7.13. The van der Waals surface area contributed by atoms with Gasteiger partial charge in [-0.15, -0.1) is 0 Å². The van der Waals surface area contributed by atoms with Crippen LogP contribution in [0.25, 0.3) is 22.3 Å². The van der Waals surface area contributed by atoms with Gasteiger partial charge in [-0.1, -0.05) is 25.1 Å². The van der Waals surface area contributed by atoms with Crippen LogP contribution < -0.4 is 11.3 Å². The number of nitrogens with zero attached hydrogens (tertiary/aromatic N) is 2. The molecule has 0 spiro atoms. The summed E-state index contributed by atoms with van der Waals surface area (Å²) in [5.74, 6) is -1.30. The van der Waals surface area contributed by atoms with Gasteiger partial charge in [0.25, 0.3) is 5.56 Å². The summed E-state index contributed by atoms with van der Waals surface area (Å²) in [6.07, 6.45) is 0.0677. The Balaban J connectivity index is 1.73. The van der Waals surface area contributed by atoms with E-state index in [-0.39, 0.29) is 42.9 Å². The Morgan fingerprint density at radius 1 is 1.33 bits per heavy atom. The Hall–Kier alpha value is -3.56. The lowest BCUT2D eigenvalue weighted by atomic mass is 9.86. The van der Waals surface area contributed by atoms with E-state index in [1.165, 1.54) is 0 Å². The van der Waals surface area contributed by atoms with E-state index < -0.39 is 23.6 Å². The molecule has 2 aliphatic rings. The highest BCUT2D eigenvalue weighted by Crippen LogP contribution is 2.40. The lowest BCUT2D eigenvalue weighted by Crippen LogP contribution is -2.44. The molecule has 0 aliphatic carbocycles. The molecular weight excluding hydrogens is 426 g/mol. The average molecular weight is 449 g/mol. The molecule has 0 amide bonds. The Morgan fingerprint density at radius 2 is 2.09 bits per heavy atom. The summed E-state index contributed by atoms with van der Waals surface area (Å²) in [5, 5.41) is 11.8. The molecule has 0 unspecified atom stereocenters. The van der Waals surface area contributed by atoms with Gasteiger partial charge in [-0.2, -0.15) is 0 Å². The molecule has 2 atom stereocenters. The van der Waals surface area contributed by atoms with E-state index in [0.29, 0.717) is 16.9 Å². The fourth-order valence-electron chi connectivity index (χ4n) is 4.55. The zero-order valence-corrected chi connectivity index (χ0v) is 18.3. The number of pyridine rings is 2. The van der Waals surface area contributed by atoms with Crippen molar-refractivity contribution in [3.05, 3.63) is 62.9 Å². The van der Waals surface area contributed by atoms with Crippen molar-refractivity contribution in [2.75, 3.05) is 0 Å². The van der Waals surface area contributed by atoms with Gasteiger partial charge < -0.3 is 24.9 Å². The second-order valence-electron chi connectivity index (χ2n) is 8.43. The number of hydrogen-bond donors (Lipinski definition) is 2. The van der Waals surface area contributed by atoms with Crippen molar-refractivity contribution in [1.82, 2.24) is 9.55 Å². The summed E-state index contributed by atoms with van der Waals surface area (Å²) in [4.78, 5) is 42.5. The number of nitrogens with two attached hydrogens (primary N) is 1. The van der Waals surface area contributed by atoms with Crippen molar-refractivity contribution >= 4 is 22.8 Å². The molecule has 3 N–H and O–H groups in total. The van der Waals surface area contributed by atoms with E-state index in [9.17, 15) is 19.5 Å². The highest BCUT2D eigenvalue weighted by atomic mass is 16.6. The molecule has 3 aromatic rings. The number of fused-ring (bicyclic) bond motifs is 5. The van der Waals surface area contributed by atoms with Gasteiger partial charge in [0.15, 0.2) is 5.60 Å². The van der Waals surface area contributed by atoms with Crippen LogP contribution in [-0.2, 0) is 44.4 Å². The molecule has 9 nitrogen and oxygen atoms in total. The van der Waals surface area contributed by atoms with Gasteiger partial charge in [-0.05, 0) is 25.5 Å². The van der Waals surface area contributed by atoms with Crippen LogP contribution in [0.1, 0.15) is 42.5 Å². The van der Waals surface area contributed by atoms with Crippen molar-refractivity contribution in [3.8, 4) is 11.4 Å². The molecular formula is C24H23N3O6. The first kappa shape index (κ1) is 21.3. The Morgan fingerprint density at radius 3 is 2.82 bits per heavy atom. The standard InChI is InChI=1S/C24H23N3O6/c1-3-24(31)17-8-19-20-14(9-27(19)21(28)16(17)11-33-23(24)30)15(10-32-22(29)12(2)25)13-6-4-5-7-18(13)26-20/h4-8,12,31H,3,9-11,25H2,1-2H3/t12-,24-/m0/s1. The molecule has 0 saturated carbocycles. The molecule has 0 bridgehead atoms. The number of benzene rings is 1. The maximum absolute atomic E-state index is 13.4. The lowest BCUT2D eigenvalue weighted by molar-refractivity contribution is -0.172. The Bertz CT molecular complexity index is 1390. The first-order chi connectivity index (χ1) is 15.8. The lowest BCUT2D eigenvalue weighted by Gasteiger charge is -2.31. The monoisotopic (exact) mass is 449 g/mol. The molecule has 2 aliphatic heterocycles. The van der Waals surface area contributed by atoms with Gasteiger partial charge in [0.2, 0.25) is 0 Å². The van der Waals surface area contributed by atoms with Crippen molar-refractivity contribution in [1.29, 1.82) is 0 Å². The fourth-order valence-corrected chi connectivity index (χ4v) is 4.55. The number of rotatable bonds is 4. The summed E-state index contributed by atoms with van der Waals surface area (Å²) in [6.45, 7) is 3.22. The summed E-state index contributed by atoms with van der Waals surface area (Å²) >= 11 is 0. The van der Waals surface area contributed by atoms with E-state index in [1.54, 1.807) is 24.5 Å². The maximum atomic E-state index is 13.4. The average Bonchev–Trinajstić information content (AvgIpc) is 3.18.